The van der Waals surface area contributed by atoms with Gasteiger partial charge in [-0.3, -0.25) is 4.79 Å². The van der Waals surface area contributed by atoms with Crippen molar-refractivity contribution in [2.45, 2.75) is 89.9 Å². The number of rotatable bonds is 8. The van der Waals surface area contributed by atoms with Crippen LogP contribution in [0.1, 0.15) is 71.8 Å². The Balaban J connectivity index is 1.41. The van der Waals surface area contributed by atoms with E-state index in [0.717, 1.165) is 25.7 Å². The van der Waals surface area contributed by atoms with Gasteiger partial charge < -0.3 is 4.74 Å². The van der Waals surface area contributed by atoms with Gasteiger partial charge in [0.15, 0.2) is 0 Å². The average molecular weight is 387 g/mol. The number of carbonyl (C=O) groups excluding carboxylic acids is 1. The Morgan fingerprint density at radius 3 is 2.79 bits per heavy atom. The molecule has 154 valence electrons. The fourth-order valence-corrected chi connectivity index (χ4v) is 4.65. The molecule has 0 aliphatic carbocycles. The second-order valence-electron chi connectivity index (χ2n) is 9.23. The van der Waals surface area contributed by atoms with E-state index in [1.165, 1.54) is 17.6 Å². The van der Waals surface area contributed by atoms with Crippen molar-refractivity contribution < 1.29 is 19.3 Å². The van der Waals surface area contributed by atoms with Crippen molar-refractivity contribution in [2.24, 2.45) is 5.92 Å². The molecule has 2 aliphatic heterocycles. The fraction of sp³-hybridized carbons (Fsp3) is 0.625. The van der Waals surface area contributed by atoms with Crippen LogP contribution in [0.15, 0.2) is 42.0 Å². The molecule has 0 radical (unpaired) electrons. The average Bonchev–Trinajstić information content (AvgIpc) is 2.93. The number of benzene rings is 1. The van der Waals surface area contributed by atoms with Crippen LogP contribution >= 0.6 is 0 Å². The van der Waals surface area contributed by atoms with Crippen molar-refractivity contribution in [3.8, 4) is 0 Å². The predicted octanol–water partition coefficient (Wildman–Crippen LogP) is 5.56. The second kappa shape index (κ2) is 8.79. The largest absolute Gasteiger partial charge is 0.456 e. The standard InChI is InChI=1S/C24H34O4/c1-18(13-14-20-11-6-5-7-12-20)9-8-10-19(2)16-23(3)17-24(4)21(27-28-23)15-22(25)26-24/h5-7,11-13,19,21H,8-10,14-17H2,1-4H3. The molecule has 1 aromatic carbocycles. The van der Waals surface area contributed by atoms with E-state index in [1.54, 1.807) is 0 Å². The van der Waals surface area contributed by atoms with Gasteiger partial charge in [0.2, 0.25) is 0 Å². The minimum Gasteiger partial charge on any atom is -0.456 e. The number of hydrogen-bond donors (Lipinski definition) is 0. The Hall–Kier alpha value is -1.65. The molecular formula is C24H34O4. The number of esters is 1. The third-order valence-corrected chi connectivity index (χ3v) is 6.05. The highest BCUT2D eigenvalue weighted by molar-refractivity contribution is 5.73. The SMILES string of the molecule is CC(=CCc1ccccc1)CCCC(C)CC1(C)CC2(C)OC(=O)CC2OO1. The molecule has 4 unspecified atom stereocenters. The molecule has 2 fully saturated rings. The van der Waals surface area contributed by atoms with E-state index in [1.807, 2.05) is 6.92 Å². The van der Waals surface area contributed by atoms with Crippen LogP contribution in [0.2, 0.25) is 0 Å². The molecule has 0 bridgehead atoms. The van der Waals surface area contributed by atoms with E-state index >= 15 is 0 Å². The lowest BCUT2D eigenvalue weighted by Gasteiger charge is -2.44. The minimum atomic E-state index is -0.555. The van der Waals surface area contributed by atoms with E-state index in [-0.39, 0.29) is 18.5 Å². The summed E-state index contributed by atoms with van der Waals surface area (Å²) in [5, 5.41) is 0. The predicted molar refractivity (Wildman–Crippen MR) is 110 cm³/mol. The lowest BCUT2D eigenvalue weighted by molar-refractivity contribution is -0.429. The van der Waals surface area contributed by atoms with Gasteiger partial charge in [-0.15, -0.1) is 0 Å². The zero-order valence-corrected chi connectivity index (χ0v) is 17.7. The van der Waals surface area contributed by atoms with Gasteiger partial charge in [0, 0.05) is 6.42 Å². The first-order valence-electron chi connectivity index (χ1n) is 10.5. The summed E-state index contributed by atoms with van der Waals surface area (Å²) < 4.78 is 5.55. The van der Waals surface area contributed by atoms with E-state index < -0.39 is 11.2 Å². The lowest BCUT2D eigenvalue weighted by atomic mass is 9.79. The number of hydrogen-bond acceptors (Lipinski definition) is 4. The zero-order chi connectivity index (χ0) is 20.2. The van der Waals surface area contributed by atoms with Gasteiger partial charge >= 0.3 is 5.97 Å². The summed E-state index contributed by atoms with van der Waals surface area (Å²) in [6, 6.07) is 10.6. The molecule has 0 N–H and O–H groups in total. The third-order valence-electron chi connectivity index (χ3n) is 6.05. The summed E-state index contributed by atoms with van der Waals surface area (Å²) in [7, 11) is 0. The molecule has 2 aliphatic rings. The summed E-state index contributed by atoms with van der Waals surface area (Å²) in [6.45, 7) is 8.53. The topological polar surface area (TPSA) is 44.8 Å². The molecule has 0 spiro atoms. The van der Waals surface area contributed by atoms with Crippen LogP contribution in [-0.4, -0.2) is 23.3 Å². The van der Waals surface area contributed by atoms with Gasteiger partial charge in [0.05, 0.1) is 6.42 Å². The summed E-state index contributed by atoms with van der Waals surface area (Å²) in [5.74, 6) is 0.332. The minimum absolute atomic E-state index is 0.189. The molecule has 1 aromatic rings. The van der Waals surface area contributed by atoms with Gasteiger partial charge in [-0.25, -0.2) is 9.78 Å². The number of allylic oxidation sites excluding steroid dienone is 2. The molecule has 0 saturated carbocycles. The molecule has 2 saturated heterocycles. The highest BCUT2D eigenvalue weighted by atomic mass is 17.2. The van der Waals surface area contributed by atoms with Crippen molar-refractivity contribution in [1.29, 1.82) is 0 Å². The highest BCUT2D eigenvalue weighted by Crippen LogP contribution is 2.44. The van der Waals surface area contributed by atoms with Gasteiger partial charge in [-0.2, -0.15) is 0 Å². The highest BCUT2D eigenvalue weighted by Gasteiger charge is 2.55. The fourth-order valence-electron chi connectivity index (χ4n) is 4.65. The van der Waals surface area contributed by atoms with E-state index in [2.05, 4.69) is 57.2 Å². The van der Waals surface area contributed by atoms with Gasteiger partial charge in [-0.1, -0.05) is 55.3 Å². The summed E-state index contributed by atoms with van der Waals surface area (Å²) in [5.41, 5.74) is 1.85. The van der Waals surface area contributed by atoms with Crippen LogP contribution in [0.5, 0.6) is 0 Å². The monoisotopic (exact) mass is 386 g/mol. The van der Waals surface area contributed by atoms with Crippen molar-refractivity contribution in [3.05, 3.63) is 47.5 Å². The van der Waals surface area contributed by atoms with E-state index in [9.17, 15) is 4.79 Å². The lowest BCUT2D eigenvalue weighted by Crippen LogP contribution is -2.52. The van der Waals surface area contributed by atoms with Crippen molar-refractivity contribution in [3.63, 3.8) is 0 Å². The molecule has 0 amide bonds. The van der Waals surface area contributed by atoms with E-state index in [0.29, 0.717) is 12.3 Å². The van der Waals surface area contributed by atoms with Gasteiger partial charge in [0.1, 0.15) is 17.3 Å². The first kappa shape index (κ1) is 21.1. The maximum atomic E-state index is 11.6. The Labute approximate surface area is 169 Å². The number of ether oxygens (including phenoxy) is 1. The van der Waals surface area contributed by atoms with Crippen LogP contribution in [0.25, 0.3) is 0 Å². The van der Waals surface area contributed by atoms with Crippen molar-refractivity contribution in [2.75, 3.05) is 0 Å². The summed E-state index contributed by atoms with van der Waals surface area (Å²) in [4.78, 5) is 22.9. The maximum absolute atomic E-state index is 11.6. The van der Waals surface area contributed by atoms with Crippen LogP contribution in [-0.2, 0) is 25.7 Å². The molecule has 4 nitrogen and oxygen atoms in total. The normalized spacial score (nSPS) is 31.4. The molecule has 3 rings (SSSR count). The molecule has 28 heavy (non-hydrogen) atoms. The van der Waals surface area contributed by atoms with Crippen LogP contribution < -0.4 is 0 Å². The van der Waals surface area contributed by atoms with E-state index in [4.69, 9.17) is 14.5 Å². The summed E-state index contributed by atoms with van der Waals surface area (Å²) >= 11 is 0. The first-order chi connectivity index (χ1) is 13.3. The Morgan fingerprint density at radius 1 is 1.29 bits per heavy atom. The Bertz CT molecular complexity index is 698. The maximum Gasteiger partial charge on any atom is 0.309 e. The molecule has 0 aromatic heterocycles. The van der Waals surface area contributed by atoms with Crippen LogP contribution in [0.4, 0.5) is 0 Å². The summed E-state index contributed by atoms with van der Waals surface area (Å²) in [6.07, 6.45) is 8.40. The molecular weight excluding hydrogens is 352 g/mol. The van der Waals surface area contributed by atoms with Crippen molar-refractivity contribution >= 4 is 5.97 Å². The van der Waals surface area contributed by atoms with Crippen LogP contribution in [0, 0.1) is 5.92 Å². The Morgan fingerprint density at radius 2 is 2.04 bits per heavy atom. The molecule has 4 heteroatoms. The van der Waals surface area contributed by atoms with Gasteiger partial charge in [0.25, 0.3) is 0 Å². The zero-order valence-electron chi connectivity index (χ0n) is 17.7. The van der Waals surface area contributed by atoms with Crippen LogP contribution in [0.3, 0.4) is 0 Å². The first-order valence-corrected chi connectivity index (χ1v) is 10.5. The smallest absolute Gasteiger partial charge is 0.309 e. The Kier molecular flexibility index (Phi) is 6.61. The molecule has 4 atom stereocenters. The molecule has 2 heterocycles. The second-order valence-corrected chi connectivity index (χ2v) is 9.23. The van der Waals surface area contributed by atoms with Gasteiger partial charge in [-0.05, 0) is 57.9 Å². The number of fused-ring (bicyclic) bond motifs is 1. The number of carbonyl (C=O) groups is 1. The third kappa shape index (κ3) is 5.45. The quantitative estimate of drug-likeness (QED) is 0.333. The van der Waals surface area contributed by atoms with Crippen molar-refractivity contribution in [1.82, 2.24) is 0 Å².